The van der Waals surface area contributed by atoms with Crippen molar-refractivity contribution in [3.8, 4) is 16.9 Å². The number of thioether (sulfide) groups is 2. The molecule has 1 N–H and O–H groups in total. The fraction of sp³-hybridized carbons (Fsp3) is 0.133. The quantitative estimate of drug-likeness (QED) is 0.281. The van der Waals surface area contributed by atoms with Crippen molar-refractivity contribution >= 4 is 45.1 Å². The van der Waals surface area contributed by atoms with E-state index in [4.69, 9.17) is 4.74 Å². The molecular formula is C30H24O2S2. The van der Waals surface area contributed by atoms with Gasteiger partial charge in [-0.05, 0) is 58.3 Å². The van der Waals surface area contributed by atoms with E-state index >= 15 is 0 Å². The number of methoxy groups -OCH3 is 1. The van der Waals surface area contributed by atoms with Gasteiger partial charge in [-0.25, -0.2) is 0 Å². The molecule has 0 bridgehead atoms. The Balaban J connectivity index is 1.61. The van der Waals surface area contributed by atoms with E-state index in [-0.39, 0.29) is 0 Å². The second-order valence-electron chi connectivity index (χ2n) is 8.72. The lowest BCUT2D eigenvalue weighted by Crippen LogP contribution is -2.25. The number of aliphatic hydroxyl groups is 1. The van der Waals surface area contributed by atoms with Crippen LogP contribution in [0.1, 0.15) is 18.6 Å². The molecule has 0 saturated carbocycles. The maximum absolute atomic E-state index is 11.7. The van der Waals surface area contributed by atoms with Crippen LogP contribution in [-0.2, 0) is 0 Å². The zero-order valence-corrected chi connectivity index (χ0v) is 20.6. The molecule has 5 aromatic rings. The Morgan fingerprint density at radius 3 is 1.68 bits per heavy atom. The number of fused-ring (bicyclic) bond motifs is 7. The maximum Gasteiger partial charge on any atom is 0.118 e. The molecule has 0 unspecified atom stereocenters. The van der Waals surface area contributed by atoms with Gasteiger partial charge in [0.25, 0.3) is 0 Å². The lowest BCUT2D eigenvalue weighted by molar-refractivity contribution is 0.169. The Morgan fingerprint density at radius 2 is 1.18 bits per heavy atom. The van der Waals surface area contributed by atoms with Gasteiger partial charge in [0.1, 0.15) is 11.9 Å². The van der Waals surface area contributed by atoms with E-state index in [0.29, 0.717) is 0 Å². The number of hydrogen-bond acceptors (Lipinski definition) is 4. The Bertz CT molecular complexity index is 1440. The van der Waals surface area contributed by atoms with Gasteiger partial charge >= 0.3 is 0 Å². The molecule has 5 aromatic carbocycles. The van der Waals surface area contributed by atoms with Gasteiger partial charge < -0.3 is 9.84 Å². The molecule has 1 aliphatic heterocycles. The molecule has 34 heavy (non-hydrogen) atoms. The van der Waals surface area contributed by atoms with Crippen LogP contribution in [0.15, 0.2) is 107 Å². The highest BCUT2D eigenvalue weighted by atomic mass is 32.2. The van der Waals surface area contributed by atoms with Gasteiger partial charge in [0, 0.05) is 20.9 Å². The summed E-state index contributed by atoms with van der Waals surface area (Å²) in [6.45, 7) is 2.15. The molecule has 1 heterocycles. The van der Waals surface area contributed by atoms with Crippen LogP contribution >= 0.6 is 23.5 Å². The van der Waals surface area contributed by atoms with E-state index in [1.165, 1.54) is 42.5 Å². The first kappa shape index (κ1) is 21.6. The summed E-state index contributed by atoms with van der Waals surface area (Å²) in [7, 11) is 1.66. The van der Waals surface area contributed by atoms with Crippen molar-refractivity contribution in [1.82, 2.24) is 0 Å². The molecule has 0 radical (unpaired) electrons. The molecule has 0 fully saturated rings. The lowest BCUT2D eigenvalue weighted by Gasteiger charge is -2.33. The van der Waals surface area contributed by atoms with Crippen molar-refractivity contribution < 1.29 is 9.84 Å². The zero-order chi connectivity index (χ0) is 23.3. The fourth-order valence-electron chi connectivity index (χ4n) is 4.85. The molecule has 6 rings (SSSR count). The Kier molecular flexibility index (Phi) is 5.33. The average molecular weight is 481 g/mol. The van der Waals surface area contributed by atoms with Crippen LogP contribution in [0.25, 0.3) is 32.7 Å². The Hall–Kier alpha value is -2.92. The van der Waals surface area contributed by atoms with Crippen LogP contribution < -0.4 is 4.74 Å². The highest BCUT2D eigenvalue weighted by Crippen LogP contribution is 2.60. The van der Waals surface area contributed by atoms with E-state index in [0.717, 1.165) is 11.3 Å². The summed E-state index contributed by atoms with van der Waals surface area (Å²) in [5.41, 5.74) is 3.40. The molecule has 0 amide bonds. The summed E-state index contributed by atoms with van der Waals surface area (Å²) in [6, 6.07) is 33.8. The molecule has 0 spiro atoms. The van der Waals surface area contributed by atoms with Gasteiger partial charge in [0.05, 0.1) is 11.2 Å². The first-order valence-electron chi connectivity index (χ1n) is 11.3. The third kappa shape index (κ3) is 3.49. The van der Waals surface area contributed by atoms with Gasteiger partial charge in [-0.3, -0.25) is 0 Å². The van der Waals surface area contributed by atoms with Gasteiger partial charge in [-0.15, -0.1) is 23.5 Å². The molecule has 1 aliphatic rings. The van der Waals surface area contributed by atoms with Gasteiger partial charge in [0.2, 0.25) is 0 Å². The summed E-state index contributed by atoms with van der Waals surface area (Å²) in [4.78, 5) is 2.38. The molecule has 1 atom stereocenters. The second kappa shape index (κ2) is 8.38. The minimum absolute atomic E-state index is 0.528. The first-order valence-corrected chi connectivity index (χ1v) is 12.9. The molecule has 0 aliphatic carbocycles. The lowest BCUT2D eigenvalue weighted by atomic mass is 9.94. The topological polar surface area (TPSA) is 29.5 Å². The number of benzene rings is 5. The van der Waals surface area contributed by atoms with E-state index in [2.05, 4.69) is 79.7 Å². The van der Waals surface area contributed by atoms with Gasteiger partial charge in [-0.2, -0.15) is 0 Å². The molecular weight excluding hydrogens is 456 g/mol. The Morgan fingerprint density at radius 1 is 0.676 bits per heavy atom. The SMILES string of the molecule is COc1ccc([C@@H](O)C2(C)Sc3ccc4ccccc4c3-c3c(ccc4ccccc34)S2)cc1. The van der Waals surface area contributed by atoms with Crippen LogP contribution in [0.5, 0.6) is 5.75 Å². The monoisotopic (exact) mass is 480 g/mol. The number of rotatable bonds is 3. The summed E-state index contributed by atoms with van der Waals surface area (Å²) in [6.07, 6.45) is -0.676. The van der Waals surface area contributed by atoms with E-state index in [1.54, 1.807) is 30.6 Å². The summed E-state index contributed by atoms with van der Waals surface area (Å²) in [5.74, 6) is 0.788. The van der Waals surface area contributed by atoms with Gasteiger partial charge in [-0.1, -0.05) is 72.8 Å². The second-order valence-corrected chi connectivity index (χ2v) is 12.0. The first-order chi connectivity index (χ1) is 16.6. The third-order valence-electron chi connectivity index (χ3n) is 6.59. The normalized spacial score (nSPS) is 15.4. The summed E-state index contributed by atoms with van der Waals surface area (Å²) in [5, 5.41) is 16.6. The van der Waals surface area contributed by atoms with Crippen LogP contribution in [-0.4, -0.2) is 16.3 Å². The van der Waals surface area contributed by atoms with E-state index in [1.807, 2.05) is 24.3 Å². The van der Waals surface area contributed by atoms with Crippen molar-refractivity contribution in [2.24, 2.45) is 0 Å². The Labute approximate surface area is 208 Å². The van der Waals surface area contributed by atoms with Crippen molar-refractivity contribution in [3.05, 3.63) is 103 Å². The van der Waals surface area contributed by atoms with E-state index in [9.17, 15) is 5.11 Å². The highest BCUT2D eigenvalue weighted by Gasteiger charge is 2.40. The minimum atomic E-state index is -0.676. The number of hydrogen-bond donors (Lipinski definition) is 1. The standard InChI is InChI=1S/C30H24O2S2/c1-30(29(31)21-11-15-22(32-2)16-12-21)33-25-17-13-19-7-3-5-9-23(19)27(25)28-24-10-6-4-8-20(24)14-18-26(28)34-30/h3-18,29,31H,1-2H3/t29-/m1/s1. The third-order valence-corrected chi connectivity index (χ3v) is 9.46. The smallest absolute Gasteiger partial charge is 0.118 e. The van der Waals surface area contributed by atoms with Crippen molar-refractivity contribution in [3.63, 3.8) is 0 Å². The van der Waals surface area contributed by atoms with Crippen LogP contribution in [0.3, 0.4) is 0 Å². The molecule has 0 aromatic heterocycles. The predicted molar refractivity (Wildman–Crippen MR) is 145 cm³/mol. The van der Waals surface area contributed by atoms with Crippen molar-refractivity contribution in [2.45, 2.75) is 26.9 Å². The number of aliphatic hydroxyl groups excluding tert-OH is 1. The van der Waals surface area contributed by atoms with E-state index < -0.39 is 10.2 Å². The summed E-state index contributed by atoms with van der Waals surface area (Å²) < 4.78 is 4.79. The molecule has 2 nitrogen and oxygen atoms in total. The van der Waals surface area contributed by atoms with Crippen molar-refractivity contribution in [2.75, 3.05) is 7.11 Å². The summed E-state index contributed by atoms with van der Waals surface area (Å²) >= 11 is 3.51. The largest absolute Gasteiger partial charge is 0.497 e. The molecule has 168 valence electrons. The van der Waals surface area contributed by atoms with Gasteiger partial charge in [0.15, 0.2) is 0 Å². The predicted octanol–water partition coefficient (Wildman–Crippen LogP) is 8.32. The minimum Gasteiger partial charge on any atom is -0.497 e. The molecule has 4 heteroatoms. The molecule has 0 saturated heterocycles. The fourth-order valence-corrected chi connectivity index (χ4v) is 7.82. The average Bonchev–Trinajstić information content (AvgIpc) is 3.02. The highest BCUT2D eigenvalue weighted by molar-refractivity contribution is 8.18. The van der Waals surface area contributed by atoms with Crippen LogP contribution in [0, 0.1) is 0 Å². The number of ether oxygens (including phenoxy) is 1. The van der Waals surface area contributed by atoms with Crippen LogP contribution in [0.2, 0.25) is 0 Å². The zero-order valence-electron chi connectivity index (χ0n) is 19.0. The van der Waals surface area contributed by atoms with Crippen LogP contribution in [0.4, 0.5) is 0 Å². The maximum atomic E-state index is 11.7. The van der Waals surface area contributed by atoms with Crippen molar-refractivity contribution in [1.29, 1.82) is 0 Å².